The van der Waals surface area contributed by atoms with Crippen LogP contribution in [0.5, 0.6) is 0 Å². The number of halogens is 1. The molecule has 0 unspecified atom stereocenters. The Bertz CT molecular complexity index is 922. The van der Waals surface area contributed by atoms with Crippen LogP contribution >= 0.6 is 23.9 Å². The highest BCUT2D eigenvalue weighted by atomic mass is 32.2. The van der Waals surface area contributed by atoms with Crippen LogP contribution in [0.2, 0.25) is 0 Å². The zero-order valence-corrected chi connectivity index (χ0v) is 16.0. The van der Waals surface area contributed by atoms with Gasteiger partial charge in [-0.2, -0.15) is 3.89 Å². The molecule has 0 atom stereocenters. The van der Waals surface area contributed by atoms with Crippen molar-refractivity contribution in [3.8, 4) is 0 Å². The lowest BCUT2D eigenvalue weighted by Gasteiger charge is -2.07. The van der Waals surface area contributed by atoms with Crippen LogP contribution in [-0.2, 0) is 17.1 Å². The fraction of sp³-hybridized carbons (Fsp3) is 0.250. The number of thioether (sulfide) groups is 1. The SMILES string of the molecule is Cc1c(SCc2ccc(COCCSF)cc2)oc2ccccc2c1=O. The second-order valence-corrected chi connectivity index (χ2v) is 7.39. The van der Waals surface area contributed by atoms with E-state index in [9.17, 15) is 8.68 Å². The number of hydrogen-bond donors (Lipinski definition) is 0. The zero-order chi connectivity index (χ0) is 18.4. The van der Waals surface area contributed by atoms with Crippen LogP contribution in [0.15, 0.2) is 62.8 Å². The van der Waals surface area contributed by atoms with Crippen molar-refractivity contribution >= 4 is 34.9 Å². The van der Waals surface area contributed by atoms with Crippen LogP contribution in [0.25, 0.3) is 11.0 Å². The topological polar surface area (TPSA) is 39.4 Å². The first kappa shape index (κ1) is 19.0. The van der Waals surface area contributed by atoms with Gasteiger partial charge >= 0.3 is 0 Å². The van der Waals surface area contributed by atoms with E-state index < -0.39 is 0 Å². The minimum absolute atomic E-state index is 0.0216. The molecule has 136 valence electrons. The Morgan fingerprint density at radius 2 is 1.81 bits per heavy atom. The number of benzene rings is 2. The van der Waals surface area contributed by atoms with E-state index in [1.54, 1.807) is 13.0 Å². The maximum Gasteiger partial charge on any atom is 0.196 e. The van der Waals surface area contributed by atoms with Gasteiger partial charge in [-0.1, -0.05) is 48.2 Å². The van der Waals surface area contributed by atoms with E-state index >= 15 is 0 Å². The monoisotopic (exact) mass is 390 g/mol. The van der Waals surface area contributed by atoms with Gasteiger partial charge in [-0.25, -0.2) is 0 Å². The predicted octanol–water partition coefficient (Wildman–Crippen LogP) is 5.53. The third kappa shape index (κ3) is 4.69. The van der Waals surface area contributed by atoms with Crippen molar-refractivity contribution in [3.63, 3.8) is 0 Å². The minimum atomic E-state index is 0.0216. The van der Waals surface area contributed by atoms with E-state index in [-0.39, 0.29) is 17.6 Å². The van der Waals surface area contributed by atoms with Crippen LogP contribution in [-0.4, -0.2) is 12.4 Å². The summed E-state index contributed by atoms with van der Waals surface area (Å²) in [7, 11) is 0. The lowest BCUT2D eigenvalue weighted by atomic mass is 10.2. The quantitative estimate of drug-likeness (QED) is 0.374. The summed E-state index contributed by atoms with van der Waals surface area (Å²) in [4.78, 5) is 12.4. The third-order valence-electron chi connectivity index (χ3n) is 3.95. The molecule has 0 spiro atoms. The Labute approximate surface area is 160 Å². The molecule has 3 aromatic rings. The van der Waals surface area contributed by atoms with Crippen LogP contribution in [0.3, 0.4) is 0 Å². The molecule has 0 aliphatic carbocycles. The zero-order valence-electron chi connectivity index (χ0n) is 14.4. The summed E-state index contributed by atoms with van der Waals surface area (Å²) in [6, 6.07) is 15.4. The van der Waals surface area contributed by atoms with E-state index in [1.807, 2.05) is 42.5 Å². The van der Waals surface area contributed by atoms with Crippen molar-refractivity contribution in [1.82, 2.24) is 0 Å². The molecule has 0 saturated heterocycles. The average molecular weight is 391 g/mol. The lowest BCUT2D eigenvalue weighted by molar-refractivity contribution is 0.136. The number of rotatable bonds is 8. The number of fused-ring (bicyclic) bond motifs is 1. The van der Waals surface area contributed by atoms with E-state index in [1.165, 1.54) is 11.8 Å². The lowest BCUT2D eigenvalue weighted by Crippen LogP contribution is -2.06. The van der Waals surface area contributed by atoms with Gasteiger partial charge in [0.25, 0.3) is 0 Å². The summed E-state index contributed by atoms with van der Waals surface area (Å²) in [6.45, 7) is 2.68. The molecule has 0 saturated carbocycles. The van der Waals surface area contributed by atoms with Crippen molar-refractivity contribution in [2.75, 3.05) is 12.4 Å². The highest BCUT2D eigenvalue weighted by Crippen LogP contribution is 2.27. The third-order valence-corrected chi connectivity index (χ3v) is 5.40. The molecular weight excluding hydrogens is 371 g/mol. The van der Waals surface area contributed by atoms with Crippen LogP contribution in [0.1, 0.15) is 16.7 Å². The maximum atomic E-state index is 12.4. The Morgan fingerprint density at radius 3 is 2.58 bits per heavy atom. The van der Waals surface area contributed by atoms with Crippen molar-refractivity contribution in [1.29, 1.82) is 0 Å². The summed E-state index contributed by atoms with van der Waals surface area (Å²) < 4.78 is 23.2. The molecule has 3 nitrogen and oxygen atoms in total. The average Bonchev–Trinajstić information content (AvgIpc) is 2.68. The molecule has 3 rings (SSSR count). The fourth-order valence-electron chi connectivity index (χ4n) is 2.51. The van der Waals surface area contributed by atoms with Gasteiger partial charge in [0.2, 0.25) is 0 Å². The Hall–Kier alpha value is -1.76. The first-order chi connectivity index (χ1) is 12.7. The molecule has 1 aromatic heterocycles. The van der Waals surface area contributed by atoms with E-state index in [0.717, 1.165) is 11.1 Å². The molecule has 0 amide bonds. The smallest absolute Gasteiger partial charge is 0.196 e. The van der Waals surface area contributed by atoms with Gasteiger partial charge in [0.1, 0.15) is 5.58 Å². The van der Waals surface area contributed by atoms with Gasteiger partial charge < -0.3 is 9.15 Å². The van der Waals surface area contributed by atoms with Crippen molar-refractivity contribution in [2.24, 2.45) is 0 Å². The fourth-order valence-corrected chi connectivity index (χ4v) is 3.64. The van der Waals surface area contributed by atoms with Crippen molar-refractivity contribution in [2.45, 2.75) is 24.4 Å². The molecule has 2 aromatic carbocycles. The molecule has 26 heavy (non-hydrogen) atoms. The summed E-state index contributed by atoms with van der Waals surface area (Å²) in [6.07, 6.45) is 0. The summed E-state index contributed by atoms with van der Waals surface area (Å²) in [5.41, 5.74) is 3.46. The summed E-state index contributed by atoms with van der Waals surface area (Å²) >= 11 is 1.80. The van der Waals surface area contributed by atoms with Gasteiger partial charge in [-0.15, -0.1) is 0 Å². The molecule has 0 aliphatic heterocycles. The second kappa shape index (κ2) is 9.26. The first-order valence-corrected chi connectivity index (χ1v) is 10.1. The highest BCUT2D eigenvalue weighted by Gasteiger charge is 2.11. The van der Waals surface area contributed by atoms with Gasteiger partial charge in [0, 0.05) is 29.2 Å². The maximum absolute atomic E-state index is 12.4. The van der Waals surface area contributed by atoms with Crippen molar-refractivity contribution < 1.29 is 13.0 Å². The molecular formula is C20H19FO3S2. The first-order valence-electron chi connectivity index (χ1n) is 8.23. The van der Waals surface area contributed by atoms with E-state index in [2.05, 4.69) is 0 Å². The summed E-state index contributed by atoms with van der Waals surface area (Å²) in [5, 5.41) is 1.27. The molecule has 6 heteroatoms. The van der Waals surface area contributed by atoms with Gasteiger partial charge in [-0.05, 0) is 30.2 Å². The number of para-hydroxylation sites is 1. The standard InChI is InChI=1S/C20H19FO3S2/c1-14-19(22)17-4-2-3-5-18(17)24-20(14)25-13-16-8-6-15(7-9-16)12-23-10-11-26-21/h2-9H,10-13H2,1H3. The van der Waals surface area contributed by atoms with Crippen LogP contribution in [0, 0.1) is 6.92 Å². The predicted molar refractivity (Wildman–Crippen MR) is 106 cm³/mol. The molecule has 1 heterocycles. The van der Waals surface area contributed by atoms with Gasteiger partial charge in [0.15, 0.2) is 10.5 Å². The molecule has 0 fully saturated rings. The van der Waals surface area contributed by atoms with Crippen LogP contribution in [0.4, 0.5) is 3.89 Å². The molecule has 0 radical (unpaired) electrons. The Kier molecular flexibility index (Phi) is 6.77. The Balaban J connectivity index is 1.65. The summed E-state index contributed by atoms with van der Waals surface area (Å²) in [5.74, 6) is 1.06. The molecule has 0 aliphatic rings. The molecule has 0 N–H and O–H groups in total. The Morgan fingerprint density at radius 1 is 1.08 bits per heavy atom. The molecule has 0 bridgehead atoms. The van der Waals surface area contributed by atoms with Gasteiger partial charge in [0.05, 0.1) is 18.6 Å². The number of ether oxygens (including phenoxy) is 1. The second-order valence-electron chi connectivity index (χ2n) is 5.81. The van der Waals surface area contributed by atoms with Crippen molar-refractivity contribution in [3.05, 3.63) is 75.4 Å². The van der Waals surface area contributed by atoms with Gasteiger partial charge in [-0.3, -0.25) is 4.79 Å². The largest absolute Gasteiger partial charge is 0.449 e. The highest BCUT2D eigenvalue weighted by molar-refractivity contribution is 7.98. The van der Waals surface area contributed by atoms with Crippen LogP contribution < -0.4 is 5.43 Å². The number of hydrogen-bond acceptors (Lipinski definition) is 5. The minimum Gasteiger partial charge on any atom is -0.449 e. The van der Waals surface area contributed by atoms with E-state index in [4.69, 9.17) is 9.15 Å². The van der Waals surface area contributed by atoms with E-state index in [0.29, 0.717) is 46.3 Å². The normalized spacial score (nSPS) is 11.2.